The highest BCUT2D eigenvalue weighted by molar-refractivity contribution is 6.25. The van der Waals surface area contributed by atoms with Gasteiger partial charge in [-0.25, -0.2) is 9.97 Å². The maximum Gasteiger partial charge on any atom is 0.160 e. The summed E-state index contributed by atoms with van der Waals surface area (Å²) in [6.45, 7) is 0. The summed E-state index contributed by atoms with van der Waals surface area (Å²) in [7, 11) is 0. The van der Waals surface area contributed by atoms with E-state index in [1.54, 1.807) is 0 Å². The van der Waals surface area contributed by atoms with Crippen LogP contribution >= 0.6 is 0 Å². The van der Waals surface area contributed by atoms with Crippen LogP contribution in [0.2, 0.25) is 0 Å². The van der Waals surface area contributed by atoms with Gasteiger partial charge in [0.25, 0.3) is 0 Å². The van der Waals surface area contributed by atoms with Crippen LogP contribution < -0.4 is 0 Å². The highest BCUT2D eigenvalue weighted by atomic mass is 16.3. The summed E-state index contributed by atoms with van der Waals surface area (Å²) in [4.78, 5) is 10.3. The maximum absolute atomic E-state index is 6.56. The largest absolute Gasteiger partial charge is 0.456 e. The molecule has 0 saturated carbocycles. The summed E-state index contributed by atoms with van der Waals surface area (Å²) in [6.07, 6.45) is 0. The van der Waals surface area contributed by atoms with Crippen molar-refractivity contribution in [3.8, 4) is 44.9 Å². The highest BCUT2D eigenvalue weighted by Crippen LogP contribution is 2.43. The van der Waals surface area contributed by atoms with Crippen LogP contribution in [0, 0.1) is 0 Å². The molecule has 0 aliphatic heterocycles. The number of furan rings is 1. The molecule has 0 aliphatic carbocycles. The summed E-state index contributed by atoms with van der Waals surface area (Å²) in [6, 6.07) is 64.5. The highest BCUT2D eigenvalue weighted by Gasteiger charge is 2.20. The van der Waals surface area contributed by atoms with Gasteiger partial charge in [0, 0.05) is 27.3 Å². The van der Waals surface area contributed by atoms with Crippen LogP contribution in [0.1, 0.15) is 0 Å². The van der Waals surface area contributed by atoms with Crippen molar-refractivity contribution in [2.24, 2.45) is 0 Å². The molecule has 0 N–H and O–H groups in total. The third kappa shape index (κ3) is 4.75. The first-order chi connectivity index (χ1) is 26.3. The van der Waals surface area contributed by atoms with Crippen molar-refractivity contribution in [2.75, 3.05) is 0 Å². The van der Waals surface area contributed by atoms with Crippen LogP contribution in [0.5, 0.6) is 0 Å². The van der Waals surface area contributed by atoms with Gasteiger partial charge >= 0.3 is 0 Å². The number of hydrogen-bond acceptors (Lipinski definition) is 3. The Morgan fingerprint density at radius 1 is 0.321 bits per heavy atom. The molecule has 3 nitrogen and oxygen atoms in total. The predicted molar refractivity (Wildman–Crippen MR) is 221 cm³/mol. The molecule has 0 aliphatic rings. The first-order valence-electron chi connectivity index (χ1n) is 18.0. The van der Waals surface area contributed by atoms with Gasteiger partial charge < -0.3 is 4.42 Å². The average molecular weight is 675 g/mol. The minimum atomic E-state index is 0.700. The lowest BCUT2D eigenvalue weighted by molar-refractivity contribution is 0.669. The standard InChI is InChI=1S/C50H30N2O/c1-2-12-33(13-3-1)50-51-45-20-10-8-18-41(45)49(52-50)44-29-35(30-47-48(44)42-19-9-11-21-46(42)53-47)32-24-22-31(23-25-32)34-26-27-40-38-16-5-4-14-36(38)37-15-6-7-17-39(37)43(40)28-34/h1-30H. The molecule has 11 rings (SSSR count). The van der Waals surface area contributed by atoms with E-state index in [0.717, 1.165) is 60.8 Å². The molecule has 2 heterocycles. The fraction of sp³-hybridized carbons (Fsp3) is 0. The molecule has 9 aromatic carbocycles. The van der Waals surface area contributed by atoms with Crippen molar-refractivity contribution < 1.29 is 4.42 Å². The molecule has 0 saturated heterocycles. The Bertz CT molecular complexity index is 3180. The third-order valence-electron chi connectivity index (χ3n) is 10.7. The van der Waals surface area contributed by atoms with E-state index in [-0.39, 0.29) is 0 Å². The zero-order chi connectivity index (χ0) is 34.9. The Labute approximate surface area is 305 Å². The number of hydrogen-bond donors (Lipinski definition) is 0. The van der Waals surface area contributed by atoms with Crippen molar-refractivity contribution in [2.45, 2.75) is 0 Å². The molecule has 0 spiro atoms. The minimum absolute atomic E-state index is 0.700. The molecule has 0 unspecified atom stereocenters. The average Bonchev–Trinajstić information content (AvgIpc) is 3.62. The monoisotopic (exact) mass is 674 g/mol. The number of fused-ring (bicyclic) bond motifs is 10. The number of rotatable bonds is 4. The fourth-order valence-electron chi connectivity index (χ4n) is 8.15. The smallest absolute Gasteiger partial charge is 0.160 e. The molecular formula is C50H30N2O. The zero-order valence-electron chi connectivity index (χ0n) is 28.6. The van der Waals surface area contributed by atoms with Gasteiger partial charge in [-0.2, -0.15) is 0 Å². The lowest BCUT2D eigenvalue weighted by atomic mass is 9.91. The van der Waals surface area contributed by atoms with Crippen LogP contribution in [0.25, 0.3) is 110 Å². The molecule has 0 radical (unpaired) electrons. The molecule has 0 fully saturated rings. The normalized spacial score (nSPS) is 11.8. The van der Waals surface area contributed by atoms with Gasteiger partial charge in [-0.15, -0.1) is 0 Å². The van der Waals surface area contributed by atoms with Crippen LogP contribution in [0.15, 0.2) is 186 Å². The molecule has 0 amide bonds. The van der Waals surface area contributed by atoms with Crippen molar-refractivity contribution in [1.82, 2.24) is 9.97 Å². The van der Waals surface area contributed by atoms with E-state index in [2.05, 4.69) is 146 Å². The van der Waals surface area contributed by atoms with Crippen LogP contribution in [-0.4, -0.2) is 9.97 Å². The molecule has 53 heavy (non-hydrogen) atoms. The summed E-state index contributed by atoms with van der Waals surface area (Å²) in [5.74, 6) is 0.700. The Balaban J connectivity index is 1.08. The van der Waals surface area contributed by atoms with E-state index in [0.29, 0.717) is 5.82 Å². The molecule has 11 aromatic rings. The first-order valence-corrected chi connectivity index (χ1v) is 18.0. The van der Waals surface area contributed by atoms with E-state index >= 15 is 0 Å². The Kier molecular flexibility index (Phi) is 6.55. The minimum Gasteiger partial charge on any atom is -0.456 e. The lowest BCUT2D eigenvalue weighted by Gasteiger charge is -2.13. The summed E-state index contributed by atoms with van der Waals surface area (Å²) < 4.78 is 6.56. The van der Waals surface area contributed by atoms with E-state index in [9.17, 15) is 0 Å². The predicted octanol–water partition coefficient (Wildman–Crippen LogP) is 13.7. The molecule has 2 aromatic heterocycles. The van der Waals surface area contributed by atoms with Gasteiger partial charge in [-0.3, -0.25) is 0 Å². The van der Waals surface area contributed by atoms with Crippen LogP contribution in [-0.2, 0) is 0 Å². The molecular weight excluding hydrogens is 645 g/mol. The Morgan fingerprint density at radius 2 is 0.868 bits per heavy atom. The van der Waals surface area contributed by atoms with Gasteiger partial charge in [0.1, 0.15) is 11.2 Å². The van der Waals surface area contributed by atoms with Crippen LogP contribution in [0.3, 0.4) is 0 Å². The van der Waals surface area contributed by atoms with Crippen molar-refractivity contribution in [1.29, 1.82) is 0 Å². The number of nitrogens with zero attached hydrogens (tertiary/aromatic N) is 2. The van der Waals surface area contributed by atoms with Crippen LogP contribution in [0.4, 0.5) is 0 Å². The van der Waals surface area contributed by atoms with Gasteiger partial charge in [-0.1, -0.05) is 152 Å². The summed E-state index contributed by atoms with van der Waals surface area (Å²) in [5, 5.41) is 10.8. The van der Waals surface area contributed by atoms with Crippen molar-refractivity contribution in [3.05, 3.63) is 182 Å². The molecule has 246 valence electrons. The second-order valence-electron chi connectivity index (χ2n) is 13.7. The quantitative estimate of drug-likeness (QED) is 0.174. The van der Waals surface area contributed by atoms with E-state index in [1.165, 1.54) is 43.4 Å². The van der Waals surface area contributed by atoms with E-state index in [4.69, 9.17) is 14.4 Å². The van der Waals surface area contributed by atoms with Crippen molar-refractivity contribution in [3.63, 3.8) is 0 Å². The van der Waals surface area contributed by atoms with Gasteiger partial charge in [0.15, 0.2) is 5.82 Å². The van der Waals surface area contributed by atoms with Crippen molar-refractivity contribution >= 4 is 65.2 Å². The van der Waals surface area contributed by atoms with Gasteiger partial charge in [0.2, 0.25) is 0 Å². The third-order valence-corrected chi connectivity index (χ3v) is 10.7. The fourth-order valence-corrected chi connectivity index (χ4v) is 8.15. The maximum atomic E-state index is 6.56. The molecule has 0 bridgehead atoms. The second kappa shape index (κ2) is 11.7. The molecule has 3 heteroatoms. The first kappa shape index (κ1) is 29.6. The molecule has 0 atom stereocenters. The topological polar surface area (TPSA) is 38.9 Å². The van der Waals surface area contributed by atoms with E-state index < -0.39 is 0 Å². The summed E-state index contributed by atoms with van der Waals surface area (Å²) >= 11 is 0. The Hall–Kier alpha value is -7.10. The zero-order valence-corrected chi connectivity index (χ0v) is 28.6. The Morgan fingerprint density at radius 3 is 1.58 bits per heavy atom. The number of benzene rings is 9. The van der Waals surface area contributed by atoms with Gasteiger partial charge in [-0.05, 0) is 84.9 Å². The number of aromatic nitrogens is 2. The van der Waals surface area contributed by atoms with E-state index in [1.807, 2.05) is 36.4 Å². The SMILES string of the molecule is c1ccc(-c2nc(-c3cc(-c4ccc(-c5ccc6c7ccccc7c7ccccc7c6c5)cc4)cc4oc5ccccc5c34)c3ccccc3n2)cc1. The second-order valence-corrected chi connectivity index (χ2v) is 13.7. The number of para-hydroxylation sites is 2. The van der Waals surface area contributed by atoms with Gasteiger partial charge in [0.05, 0.1) is 11.2 Å². The lowest BCUT2D eigenvalue weighted by Crippen LogP contribution is -1.96. The summed E-state index contributed by atoms with van der Waals surface area (Å²) in [5.41, 5.74) is 10.0.